The summed E-state index contributed by atoms with van der Waals surface area (Å²) in [6.07, 6.45) is 6.25. The smallest absolute Gasteiger partial charge is 0.319 e. The van der Waals surface area contributed by atoms with E-state index in [1.807, 2.05) is 4.90 Å². The molecule has 1 heterocycles. The largest absolute Gasteiger partial charge is 0.468 e. The zero-order valence-electron chi connectivity index (χ0n) is 12.9. The van der Waals surface area contributed by atoms with Gasteiger partial charge in [-0.3, -0.25) is 14.5 Å². The molecule has 120 valence electrons. The number of esters is 2. The van der Waals surface area contributed by atoms with Crippen LogP contribution in [0.2, 0.25) is 0 Å². The first-order valence-corrected chi connectivity index (χ1v) is 7.60. The Balaban J connectivity index is 2.03. The van der Waals surface area contributed by atoms with E-state index in [0.29, 0.717) is 6.61 Å². The average Bonchev–Trinajstić information content (AvgIpc) is 2.93. The van der Waals surface area contributed by atoms with Crippen molar-refractivity contribution in [3.8, 4) is 0 Å². The van der Waals surface area contributed by atoms with Crippen molar-refractivity contribution in [1.29, 1.82) is 0 Å². The molecule has 1 atom stereocenters. The highest BCUT2D eigenvalue weighted by Gasteiger charge is 2.42. The first kappa shape index (κ1) is 16.2. The highest BCUT2D eigenvalue weighted by molar-refractivity contribution is 5.74. The van der Waals surface area contributed by atoms with E-state index >= 15 is 0 Å². The molecule has 21 heavy (non-hydrogen) atoms. The van der Waals surface area contributed by atoms with Crippen LogP contribution in [0.15, 0.2) is 0 Å². The van der Waals surface area contributed by atoms with Gasteiger partial charge in [0.15, 0.2) is 0 Å². The summed E-state index contributed by atoms with van der Waals surface area (Å²) in [4.78, 5) is 25.1. The summed E-state index contributed by atoms with van der Waals surface area (Å²) in [5.74, 6) is -0.656. The van der Waals surface area contributed by atoms with Crippen LogP contribution in [-0.4, -0.2) is 62.4 Å². The second kappa shape index (κ2) is 7.22. The van der Waals surface area contributed by atoms with Crippen molar-refractivity contribution >= 4 is 11.9 Å². The first-order valence-electron chi connectivity index (χ1n) is 7.60. The minimum atomic E-state index is -0.328. The van der Waals surface area contributed by atoms with Crippen molar-refractivity contribution < 1.29 is 23.8 Å². The van der Waals surface area contributed by atoms with E-state index in [1.165, 1.54) is 27.1 Å². The second-order valence-electron chi connectivity index (χ2n) is 5.94. The predicted molar refractivity (Wildman–Crippen MR) is 75.8 cm³/mol. The van der Waals surface area contributed by atoms with E-state index in [-0.39, 0.29) is 36.7 Å². The Kier molecular flexibility index (Phi) is 5.58. The standard InChI is InChI=1S/C15H25NO5/c1-19-13(17)10-16(11-14(18)20-2)12-5-8-21-15(9-12)6-3-4-7-15/h12H,3-11H2,1-2H3. The maximum absolute atomic E-state index is 11.6. The average molecular weight is 299 g/mol. The Hall–Kier alpha value is -1.14. The second-order valence-corrected chi connectivity index (χ2v) is 5.94. The number of methoxy groups -OCH3 is 2. The van der Waals surface area contributed by atoms with Crippen LogP contribution in [0.1, 0.15) is 38.5 Å². The summed E-state index contributed by atoms with van der Waals surface area (Å²) in [6, 6.07) is 0.162. The molecular formula is C15H25NO5. The minimum absolute atomic E-state index is 0.0482. The molecule has 0 aromatic heterocycles. The van der Waals surface area contributed by atoms with Gasteiger partial charge in [0.25, 0.3) is 0 Å². The summed E-state index contributed by atoms with van der Waals surface area (Å²) in [6.45, 7) is 0.919. The molecule has 1 saturated heterocycles. The molecule has 2 aliphatic rings. The SMILES string of the molecule is COC(=O)CN(CC(=O)OC)C1CCOC2(CCCC2)C1. The normalized spacial score (nSPS) is 24.2. The maximum Gasteiger partial charge on any atom is 0.319 e. The molecule has 0 aromatic carbocycles. The Morgan fingerprint density at radius 3 is 2.24 bits per heavy atom. The Morgan fingerprint density at radius 1 is 1.14 bits per heavy atom. The van der Waals surface area contributed by atoms with Gasteiger partial charge in [0.2, 0.25) is 0 Å². The van der Waals surface area contributed by atoms with E-state index in [9.17, 15) is 9.59 Å². The Bertz CT molecular complexity index is 360. The zero-order chi connectivity index (χ0) is 15.3. The molecule has 2 rings (SSSR count). The molecule has 1 aliphatic carbocycles. The van der Waals surface area contributed by atoms with Crippen LogP contribution in [0.5, 0.6) is 0 Å². The number of carbonyl (C=O) groups is 2. The molecule has 0 N–H and O–H groups in total. The number of carbonyl (C=O) groups excluding carboxylic acids is 2. The lowest BCUT2D eigenvalue weighted by atomic mass is 9.88. The van der Waals surface area contributed by atoms with Crippen molar-refractivity contribution in [3.05, 3.63) is 0 Å². The van der Waals surface area contributed by atoms with Crippen molar-refractivity contribution in [2.75, 3.05) is 33.9 Å². The molecule has 6 heteroatoms. The lowest BCUT2D eigenvalue weighted by Crippen LogP contribution is -2.50. The third-order valence-corrected chi connectivity index (χ3v) is 4.62. The third-order valence-electron chi connectivity index (χ3n) is 4.62. The van der Waals surface area contributed by atoms with Crippen LogP contribution < -0.4 is 0 Å². The molecule has 0 amide bonds. The molecule has 0 aromatic rings. The fraction of sp³-hybridized carbons (Fsp3) is 0.867. The fourth-order valence-electron chi connectivity index (χ4n) is 3.46. The zero-order valence-corrected chi connectivity index (χ0v) is 12.9. The van der Waals surface area contributed by atoms with Gasteiger partial charge in [-0.25, -0.2) is 0 Å². The highest BCUT2D eigenvalue weighted by atomic mass is 16.5. The van der Waals surface area contributed by atoms with Crippen molar-refractivity contribution in [2.45, 2.75) is 50.2 Å². The third kappa shape index (κ3) is 4.17. The highest BCUT2D eigenvalue weighted by Crippen LogP contribution is 2.41. The molecule has 2 fully saturated rings. The molecule has 1 unspecified atom stereocenters. The van der Waals surface area contributed by atoms with Crippen molar-refractivity contribution in [1.82, 2.24) is 4.90 Å². The Labute approximate surface area is 125 Å². The topological polar surface area (TPSA) is 65.1 Å². The van der Waals surface area contributed by atoms with Gasteiger partial charge in [0.05, 0.1) is 32.9 Å². The van der Waals surface area contributed by atoms with E-state index < -0.39 is 0 Å². The van der Waals surface area contributed by atoms with Gasteiger partial charge in [-0.1, -0.05) is 12.8 Å². The summed E-state index contributed by atoms with van der Waals surface area (Å²) in [5, 5.41) is 0. The number of hydrogen-bond donors (Lipinski definition) is 0. The van der Waals surface area contributed by atoms with Crippen LogP contribution >= 0.6 is 0 Å². The predicted octanol–water partition coefficient (Wildman–Crippen LogP) is 1.13. The number of nitrogens with zero attached hydrogens (tertiary/aromatic N) is 1. The molecule has 1 aliphatic heterocycles. The monoisotopic (exact) mass is 299 g/mol. The Morgan fingerprint density at radius 2 is 1.71 bits per heavy atom. The van der Waals surface area contributed by atoms with Crippen LogP contribution in [0.3, 0.4) is 0 Å². The van der Waals surface area contributed by atoms with Crippen molar-refractivity contribution in [3.63, 3.8) is 0 Å². The summed E-state index contributed by atoms with van der Waals surface area (Å²) >= 11 is 0. The maximum atomic E-state index is 11.6. The van der Waals surface area contributed by atoms with Gasteiger partial charge in [0.1, 0.15) is 0 Å². The van der Waals surface area contributed by atoms with Gasteiger partial charge in [-0.2, -0.15) is 0 Å². The lowest BCUT2D eigenvalue weighted by molar-refractivity contribution is -0.151. The van der Waals surface area contributed by atoms with Gasteiger partial charge in [-0.15, -0.1) is 0 Å². The van der Waals surface area contributed by atoms with E-state index in [1.54, 1.807) is 0 Å². The van der Waals surface area contributed by atoms with Crippen molar-refractivity contribution in [2.24, 2.45) is 0 Å². The minimum Gasteiger partial charge on any atom is -0.468 e. The molecule has 1 saturated carbocycles. The molecule has 0 bridgehead atoms. The molecule has 6 nitrogen and oxygen atoms in total. The van der Waals surface area contributed by atoms with Crippen LogP contribution in [0, 0.1) is 0 Å². The van der Waals surface area contributed by atoms with E-state index in [2.05, 4.69) is 0 Å². The first-order chi connectivity index (χ1) is 10.1. The summed E-state index contributed by atoms with van der Waals surface area (Å²) in [7, 11) is 2.72. The van der Waals surface area contributed by atoms with Crippen LogP contribution in [0.25, 0.3) is 0 Å². The number of hydrogen-bond acceptors (Lipinski definition) is 6. The van der Waals surface area contributed by atoms with Gasteiger partial charge < -0.3 is 14.2 Å². The molecule has 1 spiro atoms. The van der Waals surface area contributed by atoms with Gasteiger partial charge in [0, 0.05) is 12.6 Å². The van der Waals surface area contributed by atoms with Gasteiger partial charge >= 0.3 is 11.9 Å². The van der Waals surface area contributed by atoms with E-state index in [4.69, 9.17) is 14.2 Å². The van der Waals surface area contributed by atoms with E-state index in [0.717, 1.165) is 25.7 Å². The summed E-state index contributed by atoms with van der Waals surface area (Å²) in [5.41, 5.74) is -0.0482. The summed E-state index contributed by atoms with van der Waals surface area (Å²) < 4.78 is 15.5. The lowest BCUT2D eigenvalue weighted by Gasteiger charge is -2.42. The fourth-order valence-corrected chi connectivity index (χ4v) is 3.46. The molecule has 0 radical (unpaired) electrons. The van der Waals surface area contributed by atoms with Crippen LogP contribution in [0.4, 0.5) is 0 Å². The van der Waals surface area contributed by atoms with Gasteiger partial charge in [-0.05, 0) is 25.7 Å². The number of rotatable bonds is 5. The number of ether oxygens (including phenoxy) is 3. The molecular weight excluding hydrogens is 274 g/mol. The quantitative estimate of drug-likeness (QED) is 0.709. The van der Waals surface area contributed by atoms with Crippen LogP contribution in [-0.2, 0) is 23.8 Å².